The van der Waals surface area contributed by atoms with E-state index < -0.39 is 5.60 Å². The van der Waals surface area contributed by atoms with Crippen molar-refractivity contribution in [1.82, 2.24) is 9.80 Å². The SMILES string of the molecule is C[C@H]1CN(C(=O)OC(C)(C)C)C[C@@H]1N(C)Cc1ccccc1. The average Bonchev–Trinajstić information content (AvgIpc) is 2.80. The fourth-order valence-corrected chi connectivity index (χ4v) is 2.99. The van der Waals surface area contributed by atoms with Crippen molar-refractivity contribution in [2.24, 2.45) is 5.92 Å². The van der Waals surface area contributed by atoms with Gasteiger partial charge in [-0.3, -0.25) is 4.90 Å². The smallest absolute Gasteiger partial charge is 0.410 e. The number of carbonyl (C=O) groups excluding carboxylic acids is 1. The topological polar surface area (TPSA) is 32.8 Å². The van der Waals surface area contributed by atoms with Crippen molar-refractivity contribution in [2.75, 3.05) is 20.1 Å². The van der Waals surface area contributed by atoms with E-state index in [2.05, 4.69) is 43.1 Å². The minimum atomic E-state index is -0.436. The Kier molecular flexibility index (Phi) is 5.12. The second kappa shape index (κ2) is 6.69. The Balaban J connectivity index is 1.94. The van der Waals surface area contributed by atoms with E-state index in [9.17, 15) is 4.79 Å². The predicted molar refractivity (Wildman–Crippen MR) is 88.7 cm³/mol. The molecule has 4 nitrogen and oxygen atoms in total. The molecule has 0 unspecified atom stereocenters. The third-order valence-corrected chi connectivity index (χ3v) is 4.07. The summed E-state index contributed by atoms with van der Waals surface area (Å²) < 4.78 is 5.48. The fraction of sp³-hybridized carbons (Fsp3) is 0.611. The van der Waals surface area contributed by atoms with Crippen LogP contribution in [0, 0.1) is 5.92 Å². The van der Waals surface area contributed by atoms with Crippen LogP contribution >= 0.6 is 0 Å². The van der Waals surface area contributed by atoms with Crippen molar-refractivity contribution in [1.29, 1.82) is 0 Å². The molecule has 122 valence electrons. The minimum Gasteiger partial charge on any atom is -0.444 e. The molecule has 0 aliphatic carbocycles. The monoisotopic (exact) mass is 304 g/mol. The molecule has 1 amide bonds. The van der Waals surface area contributed by atoms with Gasteiger partial charge >= 0.3 is 6.09 Å². The van der Waals surface area contributed by atoms with E-state index in [0.29, 0.717) is 12.0 Å². The number of rotatable bonds is 3. The molecule has 0 saturated carbocycles. The standard InChI is InChI=1S/C18H28N2O2/c1-14-11-20(17(21)22-18(2,3)4)13-16(14)19(5)12-15-9-7-6-8-10-15/h6-10,14,16H,11-13H2,1-5H3/t14-,16-/m0/s1. The molecule has 2 rings (SSSR count). The molecule has 0 spiro atoms. The van der Waals surface area contributed by atoms with Crippen molar-refractivity contribution in [3.63, 3.8) is 0 Å². The molecule has 0 radical (unpaired) electrons. The van der Waals surface area contributed by atoms with Crippen molar-refractivity contribution >= 4 is 6.09 Å². The lowest BCUT2D eigenvalue weighted by Gasteiger charge is -2.27. The van der Waals surface area contributed by atoms with E-state index >= 15 is 0 Å². The lowest BCUT2D eigenvalue weighted by Crippen LogP contribution is -2.39. The van der Waals surface area contributed by atoms with Crippen LogP contribution in [0.1, 0.15) is 33.3 Å². The third-order valence-electron chi connectivity index (χ3n) is 4.07. The summed E-state index contributed by atoms with van der Waals surface area (Å²) in [6.45, 7) is 10.3. The highest BCUT2D eigenvalue weighted by Gasteiger charge is 2.36. The van der Waals surface area contributed by atoms with Crippen LogP contribution in [0.15, 0.2) is 30.3 Å². The summed E-state index contributed by atoms with van der Waals surface area (Å²) in [6, 6.07) is 10.8. The zero-order valence-electron chi connectivity index (χ0n) is 14.4. The molecule has 1 aromatic carbocycles. The second-order valence-corrected chi connectivity index (χ2v) is 7.33. The average molecular weight is 304 g/mol. The summed E-state index contributed by atoms with van der Waals surface area (Å²) in [6.07, 6.45) is -0.199. The quantitative estimate of drug-likeness (QED) is 0.858. The molecular formula is C18H28N2O2. The highest BCUT2D eigenvalue weighted by molar-refractivity contribution is 5.68. The normalized spacial score (nSPS) is 22.2. The van der Waals surface area contributed by atoms with Gasteiger partial charge in [-0.1, -0.05) is 37.3 Å². The van der Waals surface area contributed by atoms with Gasteiger partial charge in [0.1, 0.15) is 5.60 Å². The molecule has 22 heavy (non-hydrogen) atoms. The van der Waals surface area contributed by atoms with Crippen LogP contribution in [0.4, 0.5) is 4.79 Å². The van der Waals surface area contributed by atoms with Crippen LogP contribution in [0.2, 0.25) is 0 Å². The first-order valence-electron chi connectivity index (χ1n) is 7.98. The molecule has 1 fully saturated rings. The minimum absolute atomic E-state index is 0.199. The van der Waals surface area contributed by atoms with Crippen LogP contribution < -0.4 is 0 Å². The van der Waals surface area contributed by atoms with Crippen molar-refractivity contribution < 1.29 is 9.53 Å². The van der Waals surface area contributed by atoms with Crippen LogP contribution in [-0.4, -0.2) is 47.7 Å². The Bertz CT molecular complexity index is 496. The highest BCUT2D eigenvalue weighted by atomic mass is 16.6. The number of nitrogens with zero attached hydrogens (tertiary/aromatic N) is 2. The van der Waals surface area contributed by atoms with Crippen LogP contribution in [0.5, 0.6) is 0 Å². The fourth-order valence-electron chi connectivity index (χ4n) is 2.99. The summed E-state index contributed by atoms with van der Waals surface area (Å²) in [5.74, 6) is 0.446. The van der Waals surface area contributed by atoms with E-state index in [1.165, 1.54) is 5.56 Å². The Labute approximate surface area is 134 Å². The molecule has 0 N–H and O–H groups in total. The van der Waals surface area contributed by atoms with E-state index in [1.54, 1.807) is 0 Å². The van der Waals surface area contributed by atoms with E-state index in [1.807, 2.05) is 31.7 Å². The van der Waals surface area contributed by atoms with E-state index in [0.717, 1.165) is 19.6 Å². The second-order valence-electron chi connectivity index (χ2n) is 7.33. The molecule has 1 aliphatic rings. The lowest BCUT2D eigenvalue weighted by atomic mass is 10.0. The number of carbonyl (C=O) groups is 1. The first-order chi connectivity index (χ1) is 10.3. The largest absolute Gasteiger partial charge is 0.444 e. The molecule has 2 atom stereocenters. The third kappa shape index (κ3) is 4.47. The van der Waals surface area contributed by atoms with E-state index in [4.69, 9.17) is 4.74 Å². The molecule has 4 heteroatoms. The summed E-state index contributed by atoms with van der Waals surface area (Å²) in [5.41, 5.74) is 0.863. The van der Waals surface area contributed by atoms with Crippen molar-refractivity contribution in [2.45, 2.75) is 45.9 Å². The Morgan fingerprint density at radius 2 is 1.91 bits per heavy atom. The van der Waals surface area contributed by atoms with Crippen LogP contribution in [0.3, 0.4) is 0 Å². The number of likely N-dealkylation sites (N-methyl/N-ethyl adjacent to an activating group) is 1. The van der Waals surface area contributed by atoms with E-state index in [-0.39, 0.29) is 6.09 Å². The van der Waals surface area contributed by atoms with Crippen LogP contribution in [-0.2, 0) is 11.3 Å². The number of ether oxygens (including phenoxy) is 1. The maximum atomic E-state index is 12.2. The molecule has 1 aliphatic heterocycles. The van der Waals surface area contributed by atoms with Crippen molar-refractivity contribution in [3.8, 4) is 0 Å². The van der Waals surface area contributed by atoms with Gasteiger partial charge in [0.05, 0.1) is 0 Å². The van der Waals surface area contributed by atoms with Crippen molar-refractivity contribution in [3.05, 3.63) is 35.9 Å². The number of benzene rings is 1. The number of likely N-dealkylation sites (tertiary alicyclic amines) is 1. The number of amides is 1. The Morgan fingerprint density at radius 1 is 1.27 bits per heavy atom. The van der Waals surface area contributed by atoms with Crippen LogP contribution in [0.25, 0.3) is 0 Å². The summed E-state index contributed by atoms with van der Waals surface area (Å²) in [4.78, 5) is 16.4. The molecule has 0 bridgehead atoms. The zero-order valence-corrected chi connectivity index (χ0v) is 14.4. The zero-order chi connectivity index (χ0) is 16.3. The van der Waals surface area contributed by atoms with Gasteiger partial charge in [0.2, 0.25) is 0 Å². The highest BCUT2D eigenvalue weighted by Crippen LogP contribution is 2.24. The predicted octanol–water partition coefficient (Wildman–Crippen LogP) is 3.37. The maximum absolute atomic E-state index is 12.2. The molecular weight excluding hydrogens is 276 g/mol. The maximum Gasteiger partial charge on any atom is 0.410 e. The summed E-state index contributed by atoms with van der Waals surface area (Å²) >= 11 is 0. The summed E-state index contributed by atoms with van der Waals surface area (Å²) in [7, 11) is 2.13. The Morgan fingerprint density at radius 3 is 2.50 bits per heavy atom. The van der Waals surface area contributed by atoms with Gasteiger partial charge in [0, 0.05) is 25.7 Å². The number of hydrogen-bond donors (Lipinski definition) is 0. The molecule has 0 aromatic heterocycles. The van der Waals surface area contributed by atoms with Gasteiger partial charge in [0.15, 0.2) is 0 Å². The number of hydrogen-bond acceptors (Lipinski definition) is 3. The molecule has 1 aromatic rings. The van der Waals surface area contributed by atoms with Gasteiger partial charge < -0.3 is 9.64 Å². The Hall–Kier alpha value is -1.55. The first kappa shape index (κ1) is 16.8. The van der Waals surface area contributed by atoms with Gasteiger partial charge in [-0.25, -0.2) is 4.79 Å². The molecule has 1 heterocycles. The summed E-state index contributed by atoms with van der Waals surface area (Å²) in [5, 5.41) is 0. The molecule has 1 saturated heterocycles. The lowest BCUT2D eigenvalue weighted by molar-refractivity contribution is 0.0280. The van der Waals surface area contributed by atoms with Gasteiger partial charge in [-0.15, -0.1) is 0 Å². The van der Waals surface area contributed by atoms with Gasteiger partial charge in [0.25, 0.3) is 0 Å². The first-order valence-corrected chi connectivity index (χ1v) is 7.98. The van der Waals surface area contributed by atoms with Gasteiger partial charge in [-0.2, -0.15) is 0 Å². The van der Waals surface area contributed by atoms with Gasteiger partial charge in [-0.05, 0) is 39.3 Å².